The van der Waals surface area contributed by atoms with Crippen molar-refractivity contribution in [3.63, 3.8) is 0 Å². The summed E-state index contributed by atoms with van der Waals surface area (Å²) in [6, 6.07) is 13.4. The molecular formula is C23H25N3O3S. The van der Waals surface area contributed by atoms with Crippen molar-refractivity contribution in [3.05, 3.63) is 64.9 Å². The molecular weight excluding hydrogens is 398 g/mol. The number of aliphatic imine (C=N–C) groups is 1. The Bertz CT molecular complexity index is 993. The number of nitrogens with one attached hydrogen (secondary N) is 1. The minimum absolute atomic E-state index is 0.0920. The molecule has 0 fully saturated rings. The summed E-state index contributed by atoms with van der Waals surface area (Å²) in [5.74, 6) is 0.630. The first-order valence-electron chi connectivity index (χ1n) is 9.68. The molecule has 0 saturated heterocycles. The first-order valence-corrected chi connectivity index (χ1v) is 10.7. The topological polar surface area (TPSA) is 71.0 Å². The van der Waals surface area contributed by atoms with Gasteiger partial charge in [0.15, 0.2) is 5.17 Å². The summed E-state index contributed by atoms with van der Waals surface area (Å²) < 4.78 is 5.18. The van der Waals surface area contributed by atoms with E-state index in [9.17, 15) is 9.59 Å². The fraction of sp³-hybridized carbons (Fsp3) is 0.261. The van der Waals surface area contributed by atoms with Crippen LogP contribution in [0.1, 0.15) is 23.6 Å². The lowest BCUT2D eigenvalue weighted by Crippen LogP contribution is -2.32. The molecule has 6 nitrogen and oxygen atoms in total. The van der Waals surface area contributed by atoms with Crippen molar-refractivity contribution in [1.82, 2.24) is 5.32 Å². The summed E-state index contributed by atoms with van der Waals surface area (Å²) in [6.07, 6.45) is 1.75. The maximum Gasteiger partial charge on any atom is 0.283 e. The van der Waals surface area contributed by atoms with E-state index in [1.165, 1.54) is 11.8 Å². The monoisotopic (exact) mass is 423 g/mol. The van der Waals surface area contributed by atoms with Crippen LogP contribution in [0.4, 0.5) is 5.69 Å². The molecule has 3 rings (SSSR count). The molecule has 0 unspecified atom stereocenters. The SMILES string of the molecule is CCNC(=O)CSC1=N/C(=C/c2ccc(OC)cc2)C(=O)N1c1cc(C)cc(C)c1. The third-order valence-electron chi connectivity index (χ3n) is 4.42. The van der Waals surface area contributed by atoms with E-state index in [1.807, 2.05) is 57.2 Å². The molecule has 1 heterocycles. The van der Waals surface area contributed by atoms with Gasteiger partial charge in [-0.2, -0.15) is 0 Å². The van der Waals surface area contributed by atoms with E-state index >= 15 is 0 Å². The van der Waals surface area contributed by atoms with Crippen molar-refractivity contribution in [2.45, 2.75) is 20.8 Å². The molecule has 0 bridgehead atoms. The third kappa shape index (κ3) is 5.10. The number of hydrogen-bond acceptors (Lipinski definition) is 5. The molecule has 30 heavy (non-hydrogen) atoms. The number of amides is 2. The normalized spacial score (nSPS) is 14.8. The summed E-state index contributed by atoms with van der Waals surface area (Å²) >= 11 is 1.25. The van der Waals surface area contributed by atoms with Crippen LogP contribution < -0.4 is 15.0 Å². The Balaban J connectivity index is 1.95. The molecule has 1 aliphatic rings. The second-order valence-corrected chi connectivity index (χ2v) is 7.87. The van der Waals surface area contributed by atoms with E-state index in [0.29, 0.717) is 17.4 Å². The van der Waals surface area contributed by atoms with Gasteiger partial charge >= 0.3 is 0 Å². The van der Waals surface area contributed by atoms with Crippen LogP contribution in [0.2, 0.25) is 0 Å². The fourth-order valence-corrected chi connectivity index (χ4v) is 3.98. The molecule has 0 radical (unpaired) electrons. The molecule has 156 valence electrons. The Labute approximate surface area is 181 Å². The van der Waals surface area contributed by atoms with E-state index in [0.717, 1.165) is 28.1 Å². The van der Waals surface area contributed by atoms with Gasteiger partial charge in [-0.05, 0) is 67.8 Å². The lowest BCUT2D eigenvalue weighted by atomic mass is 10.1. The second-order valence-electron chi connectivity index (χ2n) is 6.93. The van der Waals surface area contributed by atoms with Crippen molar-refractivity contribution >= 4 is 40.5 Å². The second kappa shape index (κ2) is 9.63. The van der Waals surface area contributed by atoms with Crippen LogP contribution in [-0.2, 0) is 9.59 Å². The smallest absolute Gasteiger partial charge is 0.283 e. The number of hydrogen-bond donors (Lipinski definition) is 1. The number of carbonyl (C=O) groups is 2. The molecule has 0 aromatic heterocycles. The van der Waals surface area contributed by atoms with Gasteiger partial charge in [-0.15, -0.1) is 0 Å². The van der Waals surface area contributed by atoms with Crippen LogP contribution in [0.15, 0.2) is 53.2 Å². The number of carbonyl (C=O) groups excluding carboxylic acids is 2. The average Bonchev–Trinajstić information content (AvgIpc) is 3.01. The van der Waals surface area contributed by atoms with Gasteiger partial charge in [0.05, 0.1) is 18.6 Å². The summed E-state index contributed by atoms with van der Waals surface area (Å²) in [7, 11) is 1.61. The highest BCUT2D eigenvalue weighted by molar-refractivity contribution is 8.14. The van der Waals surface area contributed by atoms with Crippen LogP contribution in [0.3, 0.4) is 0 Å². The summed E-state index contributed by atoms with van der Waals surface area (Å²) in [5.41, 5.74) is 4.03. The fourth-order valence-electron chi connectivity index (χ4n) is 3.14. The van der Waals surface area contributed by atoms with Gasteiger partial charge in [0.1, 0.15) is 11.4 Å². The van der Waals surface area contributed by atoms with Crippen LogP contribution in [-0.4, -0.2) is 36.4 Å². The van der Waals surface area contributed by atoms with Crippen LogP contribution in [0, 0.1) is 13.8 Å². The minimum atomic E-state index is -0.214. The van der Waals surface area contributed by atoms with Gasteiger partial charge in [0.25, 0.3) is 5.91 Å². The average molecular weight is 424 g/mol. The van der Waals surface area contributed by atoms with E-state index in [1.54, 1.807) is 18.1 Å². The number of anilines is 1. The highest BCUT2D eigenvalue weighted by atomic mass is 32.2. The molecule has 1 N–H and O–H groups in total. The number of aryl methyl sites for hydroxylation is 2. The maximum absolute atomic E-state index is 13.2. The third-order valence-corrected chi connectivity index (χ3v) is 5.36. The van der Waals surface area contributed by atoms with E-state index < -0.39 is 0 Å². The van der Waals surface area contributed by atoms with Gasteiger partial charge in [-0.3, -0.25) is 14.5 Å². The zero-order valence-electron chi connectivity index (χ0n) is 17.6. The number of amidine groups is 1. The lowest BCUT2D eigenvalue weighted by Gasteiger charge is -2.19. The Morgan fingerprint density at radius 1 is 1.17 bits per heavy atom. The molecule has 0 saturated carbocycles. The number of rotatable bonds is 6. The quantitative estimate of drug-likeness (QED) is 0.715. The largest absolute Gasteiger partial charge is 0.497 e. The van der Waals surface area contributed by atoms with Gasteiger partial charge in [0, 0.05) is 6.54 Å². The first kappa shape index (κ1) is 21.6. The summed E-state index contributed by atoms with van der Waals surface area (Å²) in [5, 5.41) is 3.27. The molecule has 1 aliphatic heterocycles. The molecule has 2 aromatic carbocycles. The van der Waals surface area contributed by atoms with Crippen molar-refractivity contribution in [2.75, 3.05) is 24.3 Å². The van der Waals surface area contributed by atoms with Gasteiger partial charge in [-0.25, -0.2) is 4.99 Å². The van der Waals surface area contributed by atoms with Crippen molar-refractivity contribution in [1.29, 1.82) is 0 Å². The zero-order valence-corrected chi connectivity index (χ0v) is 18.4. The van der Waals surface area contributed by atoms with Gasteiger partial charge < -0.3 is 10.1 Å². The van der Waals surface area contributed by atoms with Crippen LogP contribution in [0.25, 0.3) is 6.08 Å². The van der Waals surface area contributed by atoms with Gasteiger partial charge in [-0.1, -0.05) is 30.0 Å². The zero-order chi connectivity index (χ0) is 21.7. The standard InChI is InChI=1S/C23H25N3O3S/c1-5-24-21(27)14-30-23-25-20(13-17-6-8-19(29-4)9-7-17)22(28)26(23)18-11-15(2)10-16(3)12-18/h6-13H,5,14H2,1-4H3,(H,24,27)/b20-13+. The predicted molar refractivity (Wildman–Crippen MR) is 123 cm³/mol. The van der Waals surface area contributed by atoms with Crippen molar-refractivity contribution in [3.8, 4) is 5.75 Å². The van der Waals surface area contributed by atoms with Crippen molar-refractivity contribution < 1.29 is 14.3 Å². The highest BCUT2D eigenvalue weighted by Crippen LogP contribution is 2.31. The Morgan fingerprint density at radius 3 is 2.43 bits per heavy atom. The van der Waals surface area contributed by atoms with E-state index in [2.05, 4.69) is 16.4 Å². The van der Waals surface area contributed by atoms with Crippen LogP contribution in [0.5, 0.6) is 5.75 Å². The van der Waals surface area contributed by atoms with Crippen molar-refractivity contribution in [2.24, 2.45) is 4.99 Å². The Hall–Kier alpha value is -3.06. The minimum Gasteiger partial charge on any atom is -0.497 e. The number of methoxy groups -OCH3 is 1. The number of benzene rings is 2. The van der Waals surface area contributed by atoms with Crippen LogP contribution >= 0.6 is 11.8 Å². The van der Waals surface area contributed by atoms with E-state index in [4.69, 9.17) is 4.74 Å². The number of ether oxygens (including phenoxy) is 1. The Morgan fingerprint density at radius 2 is 1.83 bits per heavy atom. The first-order chi connectivity index (χ1) is 14.4. The predicted octanol–water partition coefficient (Wildman–Crippen LogP) is 3.93. The lowest BCUT2D eigenvalue weighted by molar-refractivity contribution is -0.118. The highest BCUT2D eigenvalue weighted by Gasteiger charge is 2.32. The maximum atomic E-state index is 13.2. The number of thioether (sulfide) groups is 1. The van der Waals surface area contributed by atoms with E-state index in [-0.39, 0.29) is 17.6 Å². The number of nitrogens with zero attached hydrogens (tertiary/aromatic N) is 2. The summed E-state index contributed by atoms with van der Waals surface area (Å²) in [6.45, 7) is 6.42. The van der Waals surface area contributed by atoms with Gasteiger partial charge in [0.2, 0.25) is 5.91 Å². The molecule has 0 spiro atoms. The molecule has 2 aromatic rings. The summed E-state index contributed by atoms with van der Waals surface area (Å²) in [4.78, 5) is 31.3. The molecule has 0 aliphatic carbocycles. The molecule has 2 amide bonds. The Kier molecular flexibility index (Phi) is 6.95. The molecule has 7 heteroatoms. The molecule has 0 atom stereocenters.